The molecular weight excluding hydrogens is 508 g/mol. The fourth-order valence-electron chi connectivity index (χ4n) is 4.39. The summed E-state index contributed by atoms with van der Waals surface area (Å²) in [4.78, 5) is 30.0. The molecule has 3 aromatic rings. The number of rotatable bonds is 7. The zero-order chi connectivity index (χ0) is 27.6. The highest BCUT2D eigenvalue weighted by atomic mass is 32.2. The lowest BCUT2D eigenvalue weighted by atomic mass is 9.87. The van der Waals surface area contributed by atoms with Crippen LogP contribution < -0.4 is 10.2 Å². The van der Waals surface area contributed by atoms with E-state index in [0.717, 1.165) is 5.56 Å². The Labute approximate surface area is 226 Å². The molecule has 1 aromatic heterocycles. The third-order valence-electron chi connectivity index (χ3n) is 6.20. The van der Waals surface area contributed by atoms with Crippen LogP contribution in [0, 0.1) is 11.6 Å². The van der Waals surface area contributed by atoms with Gasteiger partial charge in [0.1, 0.15) is 24.0 Å². The lowest BCUT2D eigenvalue weighted by molar-refractivity contribution is -0.122. The first-order chi connectivity index (χ1) is 18.0. The van der Waals surface area contributed by atoms with Crippen LogP contribution in [-0.2, 0) is 15.0 Å². The van der Waals surface area contributed by atoms with E-state index in [-0.39, 0.29) is 29.9 Å². The average Bonchev–Trinajstić information content (AvgIpc) is 3.17. The Kier molecular flexibility index (Phi) is 8.22. The Morgan fingerprint density at radius 1 is 1.13 bits per heavy atom. The number of hydrogen-bond acceptors (Lipinski definition) is 5. The summed E-state index contributed by atoms with van der Waals surface area (Å²) >= 11 is 1.38. The van der Waals surface area contributed by atoms with Crippen molar-refractivity contribution in [2.24, 2.45) is 0 Å². The molecular formula is C28H33F2N5O2S. The highest BCUT2D eigenvalue weighted by Gasteiger charge is 2.40. The van der Waals surface area contributed by atoms with Gasteiger partial charge in [0.25, 0.3) is 0 Å². The molecule has 2 amide bonds. The molecule has 1 aliphatic heterocycles. The number of hydrogen-bond donors (Lipinski definition) is 1. The predicted molar refractivity (Wildman–Crippen MR) is 147 cm³/mol. The van der Waals surface area contributed by atoms with Crippen molar-refractivity contribution in [3.63, 3.8) is 0 Å². The fourth-order valence-corrected chi connectivity index (χ4v) is 5.57. The molecule has 2 aromatic carbocycles. The van der Waals surface area contributed by atoms with Crippen molar-refractivity contribution in [3.8, 4) is 5.69 Å². The maximum Gasteiger partial charge on any atom is 0.240 e. The van der Waals surface area contributed by atoms with E-state index in [1.54, 1.807) is 22.9 Å². The van der Waals surface area contributed by atoms with Crippen LogP contribution in [-0.4, -0.2) is 66.0 Å². The summed E-state index contributed by atoms with van der Waals surface area (Å²) in [7, 11) is 3.83. The third kappa shape index (κ3) is 6.07. The van der Waals surface area contributed by atoms with Gasteiger partial charge in [-0.1, -0.05) is 32.9 Å². The number of nitrogens with zero attached hydrogens (tertiary/aromatic N) is 4. The second kappa shape index (κ2) is 11.2. The monoisotopic (exact) mass is 541 g/mol. The Balaban J connectivity index is 1.92. The molecule has 38 heavy (non-hydrogen) atoms. The molecule has 7 nitrogen and oxygen atoms in total. The van der Waals surface area contributed by atoms with Crippen molar-refractivity contribution in [2.45, 2.75) is 31.4 Å². The van der Waals surface area contributed by atoms with Gasteiger partial charge in [-0.3, -0.25) is 14.5 Å². The number of halogens is 2. The molecule has 2 heterocycles. The molecule has 0 saturated heterocycles. The van der Waals surface area contributed by atoms with Gasteiger partial charge >= 0.3 is 0 Å². The summed E-state index contributed by atoms with van der Waals surface area (Å²) < 4.78 is 29.8. The molecule has 0 aliphatic carbocycles. The molecule has 202 valence electrons. The van der Waals surface area contributed by atoms with E-state index in [4.69, 9.17) is 5.10 Å². The number of benzene rings is 2. The van der Waals surface area contributed by atoms with Crippen molar-refractivity contribution in [1.82, 2.24) is 20.0 Å². The number of carbonyl (C=O) groups is 2. The van der Waals surface area contributed by atoms with Crippen LogP contribution in [0.2, 0.25) is 0 Å². The van der Waals surface area contributed by atoms with Gasteiger partial charge in [-0.25, -0.2) is 13.5 Å². The smallest absolute Gasteiger partial charge is 0.240 e. The number of aromatic nitrogens is 2. The Morgan fingerprint density at radius 2 is 1.84 bits per heavy atom. The number of amides is 2. The van der Waals surface area contributed by atoms with Crippen molar-refractivity contribution in [1.29, 1.82) is 0 Å². The molecule has 1 atom stereocenters. The molecule has 0 fully saturated rings. The van der Waals surface area contributed by atoms with Gasteiger partial charge in [0.2, 0.25) is 11.8 Å². The number of carbonyl (C=O) groups excluding carboxylic acids is 2. The Morgan fingerprint density at radius 3 is 2.47 bits per heavy atom. The van der Waals surface area contributed by atoms with Crippen LogP contribution >= 0.6 is 11.8 Å². The molecule has 0 radical (unpaired) electrons. The zero-order valence-electron chi connectivity index (χ0n) is 22.3. The molecule has 4 rings (SSSR count). The summed E-state index contributed by atoms with van der Waals surface area (Å²) in [5, 5.41) is 7.40. The quantitative estimate of drug-likeness (QED) is 0.483. The number of nitrogens with one attached hydrogen (secondary N) is 1. The average molecular weight is 542 g/mol. The summed E-state index contributed by atoms with van der Waals surface area (Å²) in [5.41, 5.74) is 2.25. The Bertz CT molecular complexity index is 1320. The number of anilines is 1. The predicted octanol–water partition coefficient (Wildman–Crippen LogP) is 4.30. The summed E-state index contributed by atoms with van der Waals surface area (Å²) in [6, 6.07) is 12.2. The molecule has 0 spiro atoms. The zero-order valence-corrected chi connectivity index (χ0v) is 23.1. The van der Waals surface area contributed by atoms with Gasteiger partial charge < -0.3 is 10.2 Å². The highest BCUT2D eigenvalue weighted by molar-refractivity contribution is 8.00. The summed E-state index contributed by atoms with van der Waals surface area (Å²) in [6.45, 7) is 6.94. The van der Waals surface area contributed by atoms with E-state index in [2.05, 4.69) is 5.32 Å². The maximum atomic E-state index is 14.3. The molecule has 1 aliphatic rings. The van der Waals surface area contributed by atoms with Crippen molar-refractivity contribution >= 4 is 29.4 Å². The van der Waals surface area contributed by atoms with Gasteiger partial charge in [-0.15, -0.1) is 11.8 Å². The van der Waals surface area contributed by atoms with Crippen LogP contribution in [0.5, 0.6) is 0 Å². The van der Waals surface area contributed by atoms with Gasteiger partial charge in [0.15, 0.2) is 0 Å². The van der Waals surface area contributed by atoms with Gasteiger partial charge in [-0.05, 0) is 56.1 Å². The van der Waals surface area contributed by atoms with Crippen molar-refractivity contribution in [3.05, 3.63) is 77.0 Å². The minimum atomic E-state index is -0.450. The van der Waals surface area contributed by atoms with Crippen LogP contribution in [0.1, 0.15) is 42.8 Å². The van der Waals surface area contributed by atoms with Gasteiger partial charge in [0.05, 0.1) is 22.4 Å². The number of likely N-dealkylation sites (N-methyl/N-ethyl adjacent to an activating group) is 1. The molecule has 0 saturated carbocycles. The van der Waals surface area contributed by atoms with Crippen LogP contribution in [0.3, 0.4) is 0 Å². The van der Waals surface area contributed by atoms with E-state index in [1.165, 1.54) is 40.9 Å². The third-order valence-corrected chi connectivity index (χ3v) is 7.46. The number of thioether (sulfide) groups is 1. The lowest BCUT2D eigenvalue weighted by Gasteiger charge is -2.24. The standard InChI is InChI=1S/C28H33F2N5O2S/c1-28(2,3)26-24-25(18-7-6-8-20(30)15-18)38-17-23(37)34(16-22(36)31-13-14-33(4)5)27(24)35(32-26)21-11-9-19(29)10-12-21/h6-12,15,25H,13-14,16-17H2,1-5H3,(H,31,36)/t25-/m0/s1. The van der Waals surface area contributed by atoms with Crippen LogP contribution in [0.4, 0.5) is 14.6 Å². The van der Waals surface area contributed by atoms with Gasteiger partial charge in [-0.2, -0.15) is 5.10 Å². The van der Waals surface area contributed by atoms with E-state index in [9.17, 15) is 18.4 Å². The van der Waals surface area contributed by atoms with E-state index < -0.39 is 16.5 Å². The Hall–Kier alpha value is -3.24. The minimum Gasteiger partial charge on any atom is -0.353 e. The van der Waals surface area contributed by atoms with E-state index >= 15 is 0 Å². The van der Waals surface area contributed by atoms with E-state index in [0.29, 0.717) is 35.9 Å². The molecule has 10 heteroatoms. The fraction of sp³-hybridized carbons (Fsp3) is 0.393. The minimum absolute atomic E-state index is 0.0911. The number of fused-ring (bicyclic) bond motifs is 1. The van der Waals surface area contributed by atoms with Crippen LogP contribution in [0.15, 0.2) is 48.5 Å². The SMILES string of the molecule is CN(C)CCNC(=O)CN1C(=O)CS[C@@H](c2cccc(F)c2)c2c(C(C)(C)C)nn(-c3ccc(F)cc3)c21. The summed E-state index contributed by atoms with van der Waals surface area (Å²) in [5.74, 6) is -0.807. The summed E-state index contributed by atoms with van der Waals surface area (Å²) in [6.07, 6.45) is 0. The second-order valence-corrected chi connectivity index (χ2v) is 11.7. The normalized spacial score (nSPS) is 15.9. The first-order valence-corrected chi connectivity index (χ1v) is 13.5. The highest BCUT2D eigenvalue weighted by Crippen LogP contribution is 2.48. The van der Waals surface area contributed by atoms with Crippen molar-refractivity contribution in [2.75, 3.05) is 44.4 Å². The second-order valence-electron chi connectivity index (χ2n) is 10.6. The largest absolute Gasteiger partial charge is 0.353 e. The molecule has 0 bridgehead atoms. The lowest BCUT2D eigenvalue weighted by Crippen LogP contribution is -2.43. The molecule has 1 N–H and O–H groups in total. The molecule has 0 unspecified atom stereocenters. The topological polar surface area (TPSA) is 70.5 Å². The van der Waals surface area contributed by atoms with Crippen molar-refractivity contribution < 1.29 is 18.4 Å². The first-order valence-electron chi connectivity index (χ1n) is 12.4. The van der Waals surface area contributed by atoms with Gasteiger partial charge in [0, 0.05) is 24.1 Å². The van der Waals surface area contributed by atoms with Crippen LogP contribution in [0.25, 0.3) is 5.69 Å². The van der Waals surface area contributed by atoms with E-state index in [1.807, 2.05) is 45.8 Å². The first kappa shape index (κ1) is 27.8. The maximum absolute atomic E-state index is 14.3.